The highest BCUT2D eigenvalue weighted by molar-refractivity contribution is 5.89. The molecule has 0 aliphatic rings. The largest absolute Gasteiger partial charge is 0.493 e. The molecule has 0 fully saturated rings. The van der Waals surface area contributed by atoms with Gasteiger partial charge in [0.05, 0.1) is 32.3 Å². The SMILES string of the molecule is CCCCCCCCOc1ccccc1C(O)Nc1ccc(C(=O)OCC[N+](C)(CC)CC)cc1. The van der Waals surface area contributed by atoms with E-state index in [1.807, 2.05) is 24.3 Å². The Hall–Kier alpha value is -2.57. The Morgan fingerprint density at radius 2 is 1.57 bits per heavy atom. The minimum Gasteiger partial charge on any atom is -0.493 e. The van der Waals surface area contributed by atoms with E-state index in [0.717, 1.165) is 37.0 Å². The Bertz CT molecular complexity index is 865. The van der Waals surface area contributed by atoms with E-state index in [0.29, 0.717) is 35.8 Å². The molecule has 0 saturated carbocycles. The molecule has 194 valence electrons. The minimum absolute atomic E-state index is 0.329. The van der Waals surface area contributed by atoms with Gasteiger partial charge in [0.2, 0.25) is 0 Å². The number of ether oxygens (including phenoxy) is 2. The third kappa shape index (κ3) is 9.90. The van der Waals surface area contributed by atoms with Crippen molar-refractivity contribution in [3.05, 3.63) is 59.7 Å². The number of unbranched alkanes of at least 4 members (excludes halogenated alkanes) is 5. The highest BCUT2D eigenvalue weighted by atomic mass is 16.5. The van der Waals surface area contributed by atoms with Crippen molar-refractivity contribution in [1.82, 2.24) is 0 Å². The van der Waals surface area contributed by atoms with Gasteiger partial charge in [0.25, 0.3) is 0 Å². The molecule has 0 aliphatic carbocycles. The second-order valence-electron chi connectivity index (χ2n) is 9.39. The zero-order valence-corrected chi connectivity index (χ0v) is 22.1. The highest BCUT2D eigenvalue weighted by Crippen LogP contribution is 2.27. The molecule has 2 aromatic rings. The van der Waals surface area contributed by atoms with E-state index in [2.05, 4.69) is 33.1 Å². The van der Waals surface area contributed by atoms with Crippen LogP contribution in [0.15, 0.2) is 48.5 Å². The highest BCUT2D eigenvalue weighted by Gasteiger charge is 2.18. The maximum Gasteiger partial charge on any atom is 0.338 e. The third-order valence-electron chi connectivity index (χ3n) is 6.78. The number of esters is 1. The van der Waals surface area contributed by atoms with Crippen molar-refractivity contribution in [1.29, 1.82) is 0 Å². The molecule has 2 N–H and O–H groups in total. The van der Waals surface area contributed by atoms with Gasteiger partial charge in [-0.3, -0.25) is 0 Å². The summed E-state index contributed by atoms with van der Waals surface area (Å²) in [6.45, 7) is 10.3. The van der Waals surface area contributed by atoms with Gasteiger partial charge in [-0.15, -0.1) is 0 Å². The van der Waals surface area contributed by atoms with Crippen LogP contribution in [0.1, 0.15) is 81.4 Å². The number of likely N-dealkylation sites (N-methyl/N-ethyl adjacent to an activating group) is 1. The maximum absolute atomic E-state index is 12.4. The Labute approximate surface area is 211 Å². The van der Waals surface area contributed by atoms with Crippen molar-refractivity contribution in [2.45, 2.75) is 65.5 Å². The number of aliphatic hydroxyl groups excluding tert-OH is 1. The topological polar surface area (TPSA) is 67.8 Å². The van der Waals surface area contributed by atoms with E-state index in [1.54, 1.807) is 24.3 Å². The molecule has 0 amide bonds. The fraction of sp³-hybridized carbons (Fsp3) is 0.552. The first kappa shape index (κ1) is 28.7. The number of nitrogens with zero attached hydrogens (tertiary/aromatic N) is 1. The molecule has 1 atom stereocenters. The quantitative estimate of drug-likeness (QED) is 0.121. The van der Waals surface area contributed by atoms with Gasteiger partial charge in [0, 0.05) is 11.3 Å². The van der Waals surface area contributed by atoms with E-state index in [-0.39, 0.29) is 5.97 Å². The second kappa shape index (κ2) is 15.4. The Morgan fingerprint density at radius 1 is 0.914 bits per heavy atom. The lowest BCUT2D eigenvalue weighted by atomic mass is 10.1. The lowest BCUT2D eigenvalue weighted by Gasteiger charge is -2.31. The molecular weight excluding hydrogens is 440 g/mol. The van der Waals surface area contributed by atoms with Crippen molar-refractivity contribution in [2.75, 3.05) is 45.2 Å². The van der Waals surface area contributed by atoms with Gasteiger partial charge >= 0.3 is 5.97 Å². The van der Waals surface area contributed by atoms with Crippen molar-refractivity contribution >= 4 is 11.7 Å². The number of hydrogen-bond acceptors (Lipinski definition) is 5. The van der Waals surface area contributed by atoms with Gasteiger partial charge in [-0.05, 0) is 50.6 Å². The molecule has 6 heteroatoms. The minimum atomic E-state index is -0.924. The number of quaternary nitrogens is 1. The summed E-state index contributed by atoms with van der Waals surface area (Å²) in [5.41, 5.74) is 1.89. The van der Waals surface area contributed by atoms with Crippen LogP contribution in [0.2, 0.25) is 0 Å². The molecular formula is C29H45N2O4+. The number of aliphatic hydroxyl groups is 1. The van der Waals surface area contributed by atoms with Gasteiger partial charge < -0.3 is 24.4 Å². The van der Waals surface area contributed by atoms with Gasteiger partial charge in [-0.25, -0.2) is 4.79 Å². The fourth-order valence-corrected chi connectivity index (χ4v) is 3.82. The van der Waals surface area contributed by atoms with Crippen LogP contribution >= 0.6 is 0 Å². The predicted molar refractivity (Wildman–Crippen MR) is 143 cm³/mol. The van der Waals surface area contributed by atoms with Crippen LogP contribution in [-0.2, 0) is 4.74 Å². The summed E-state index contributed by atoms with van der Waals surface area (Å²) in [5, 5.41) is 13.9. The number of rotatable bonds is 17. The number of nitrogens with one attached hydrogen (secondary N) is 1. The summed E-state index contributed by atoms with van der Waals surface area (Å²) in [6.07, 6.45) is 6.30. The van der Waals surface area contributed by atoms with Crippen LogP contribution in [0.3, 0.4) is 0 Å². The van der Waals surface area contributed by atoms with Gasteiger partial charge in [0.1, 0.15) is 18.9 Å². The van der Waals surface area contributed by atoms with E-state index < -0.39 is 6.23 Å². The molecule has 0 heterocycles. The van der Waals surface area contributed by atoms with Crippen molar-refractivity contribution < 1.29 is 23.9 Å². The fourth-order valence-electron chi connectivity index (χ4n) is 3.82. The van der Waals surface area contributed by atoms with E-state index in [9.17, 15) is 9.90 Å². The molecule has 0 saturated heterocycles. The molecule has 0 aliphatic heterocycles. The molecule has 0 bridgehead atoms. The normalized spacial score (nSPS) is 12.3. The Morgan fingerprint density at radius 3 is 2.26 bits per heavy atom. The predicted octanol–water partition coefficient (Wildman–Crippen LogP) is 6.17. The van der Waals surface area contributed by atoms with Crippen LogP contribution in [0.4, 0.5) is 5.69 Å². The summed E-state index contributed by atoms with van der Waals surface area (Å²) < 4.78 is 12.3. The van der Waals surface area contributed by atoms with Gasteiger partial charge in [-0.1, -0.05) is 57.2 Å². The molecule has 0 aromatic heterocycles. The molecule has 2 rings (SSSR count). The molecule has 0 spiro atoms. The number of anilines is 1. The Balaban J connectivity index is 1.85. The lowest BCUT2D eigenvalue weighted by molar-refractivity contribution is -0.906. The monoisotopic (exact) mass is 485 g/mol. The first-order valence-electron chi connectivity index (χ1n) is 13.2. The van der Waals surface area contributed by atoms with Crippen molar-refractivity contribution in [3.63, 3.8) is 0 Å². The number of hydrogen-bond donors (Lipinski definition) is 2. The summed E-state index contributed by atoms with van der Waals surface area (Å²) in [6, 6.07) is 14.5. The average Bonchev–Trinajstić information content (AvgIpc) is 2.88. The lowest BCUT2D eigenvalue weighted by Crippen LogP contribution is -2.46. The molecule has 6 nitrogen and oxygen atoms in total. The molecule has 0 radical (unpaired) electrons. The van der Waals surface area contributed by atoms with E-state index in [4.69, 9.17) is 9.47 Å². The second-order valence-corrected chi connectivity index (χ2v) is 9.39. The third-order valence-corrected chi connectivity index (χ3v) is 6.78. The van der Waals surface area contributed by atoms with Crippen LogP contribution in [0.5, 0.6) is 5.75 Å². The van der Waals surface area contributed by atoms with Crippen molar-refractivity contribution in [2.24, 2.45) is 0 Å². The van der Waals surface area contributed by atoms with Crippen LogP contribution < -0.4 is 10.1 Å². The average molecular weight is 486 g/mol. The number of para-hydroxylation sites is 1. The van der Waals surface area contributed by atoms with Gasteiger partial charge in [-0.2, -0.15) is 0 Å². The Kier molecular flexibility index (Phi) is 12.6. The number of carbonyl (C=O) groups excluding carboxylic acids is 1. The first-order chi connectivity index (χ1) is 16.9. The standard InChI is InChI=1S/C29H44N2O4/c1-5-8-9-10-11-14-22-34-27-16-13-12-15-26(27)28(32)30-25-19-17-24(18-20-25)29(33)35-23-21-31(4,6-2)7-3/h12-13,15-20,28,32H,5-11,14,21-23H2,1-4H3/p+1. The van der Waals surface area contributed by atoms with Gasteiger partial charge in [0.15, 0.2) is 6.23 Å². The van der Waals surface area contributed by atoms with Crippen molar-refractivity contribution in [3.8, 4) is 5.75 Å². The van der Waals surface area contributed by atoms with Crippen LogP contribution in [0, 0.1) is 0 Å². The molecule has 2 aromatic carbocycles. The summed E-state index contributed by atoms with van der Waals surface area (Å²) in [5.74, 6) is 0.357. The molecule has 1 unspecified atom stereocenters. The van der Waals surface area contributed by atoms with Crippen LogP contribution in [-0.4, -0.2) is 55.5 Å². The number of carbonyl (C=O) groups is 1. The summed E-state index contributed by atoms with van der Waals surface area (Å²) in [4.78, 5) is 12.4. The zero-order valence-electron chi connectivity index (χ0n) is 22.1. The van der Waals surface area contributed by atoms with Crippen LogP contribution in [0.25, 0.3) is 0 Å². The molecule has 35 heavy (non-hydrogen) atoms. The number of benzene rings is 2. The maximum atomic E-state index is 12.4. The summed E-state index contributed by atoms with van der Waals surface area (Å²) in [7, 11) is 2.16. The van der Waals surface area contributed by atoms with E-state index >= 15 is 0 Å². The van der Waals surface area contributed by atoms with E-state index in [1.165, 1.54) is 25.7 Å². The zero-order chi connectivity index (χ0) is 25.5. The summed E-state index contributed by atoms with van der Waals surface area (Å²) >= 11 is 0. The first-order valence-corrected chi connectivity index (χ1v) is 13.2. The smallest absolute Gasteiger partial charge is 0.338 e.